The zero-order valence-corrected chi connectivity index (χ0v) is 14.2. The Morgan fingerprint density at radius 1 is 1.40 bits per heavy atom. The van der Waals surface area contributed by atoms with Gasteiger partial charge in [0.2, 0.25) is 0 Å². The number of aryl methyl sites for hydroxylation is 1. The average Bonchev–Trinajstić information content (AvgIpc) is 3.02. The number of carbonyl (C=O) groups is 1. The third-order valence-electron chi connectivity index (χ3n) is 4.22. The molecular formula is C19H21N3O3. The van der Waals surface area contributed by atoms with Crippen molar-refractivity contribution in [2.24, 2.45) is 7.05 Å². The van der Waals surface area contributed by atoms with Gasteiger partial charge in [-0.2, -0.15) is 5.26 Å². The Morgan fingerprint density at radius 2 is 2.20 bits per heavy atom. The maximum absolute atomic E-state index is 12.2. The Labute approximate surface area is 147 Å². The molecule has 0 amide bonds. The zero-order valence-electron chi connectivity index (χ0n) is 14.2. The summed E-state index contributed by atoms with van der Waals surface area (Å²) in [7, 11) is 1.72. The summed E-state index contributed by atoms with van der Waals surface area (Å²) in [6, 6.07) is 13.8. The molecule has 0 saturated carbocycles. The molecule has 2 heterocycles. The molecule has 6 nitrogen and oxygen atoms in total. The van der Waals surface area contributed by atoms with Gasteiger partial charge in [-0.05, 0) is 11.6 Å². The fourth-order valence-corrected chi connectivity index (χ4v) is 2.94. The monoisotopic (exact) mass is 339 g/mol. The van der Waals surface area contributed by atoms with Crippen LogP contribution in [-0.4, -0.2) is 47.8 Å². The number of ether oxygens (including phenoxy) is 2. The topological polar surface area (TPSA) is 67.5 Å². The van der Waals surface area contributed by atoms with Crippen LogP contribution in [0.3, 0.4) is 0 Å². The Hall–Kier alpha value is -2.62. The minimum absolute atomic E-state index is 0.142. The molecule has 1 aromatic carbocycles. The standard InChI is InChI=1S/C19H21N3O3/c1-21-11-16(10-20)9-18(21)19(23)25-14-17-13-22(7-8-24-17)12-15-5-3-2-4-6-15/h2-6,9,11,17H,7-8,12-14H2,1H3/t17-/m0/s1. The lowest BCUT2D eigenvalue weighted by Crippen LogP contribution is -2.44. The quantitative estimate of drug-likeness (QED) is 0.779. The van der Waals surface area contributed by atoms with E-state index in [9.17, 15) is 4.79 Å². The van der Waals surface area contributed by atoms with Gasteiger partial charge in [0.15, 0.2) is 0 Å². The van der Waals surface area contributed by atoms with E-state index in [-0.39, 0.29) is 12.7 Å². The summed E-state index contributed by atoms with van der Waals surface area (Å²) in [6.07, 6.45) is 1.46. The van der Waals surface area contributed by atoms with E-state index in [2.05, 4.69) is 17.0 Å². The third-order valence-corrected chi connectivity index (χ3v) is 4.22. The number of benzene rings is 1. The lowest BCUT2D eigenvalue weighted by Gasteiger charge is -2.32. The minimum Gasteiger partial charge on any atom is -0.458 e. The number of nitriles is 1. The van der Waals surface area contributed by atoms with E-state index in [4.69, 9.17) is 14.7 Å². The number of hydrogen-bond donors (Lipinski definition) is 0. The van der Waals surface area contributed by atoms with Crippen molar-refractivity contribution in [3.8, 4) is 6.07 Å². The van der Waals surface area contributed by atoms with Crippen LogP contribution < -0.4 is 0 Å². The molecule has 1 aromatic heterocycles. The molecular weight excluding hydrogens is 318 g/mol. The number of morpholine rings is 1. The van der Waals surface area contributed by atoms with Crippen molar-refractivity contribution < 1.29 is 14.3 Å². The molecule has 0 bridgehead atoms. The second-order valence-corrected chi connectivity index (χ2v) is 6.15. The number of aromatic nitrogens is 1. The summed E-state index contributed by atoms with van der Waals surface area (Å²) in [5.74, 6) is -0.437. The minimum atomic E-state index is -0.437. The smallest absolute Gasteiger partial charge is 0.355 e. The van der Waals surface area contributed by atoms with Crippen LogP contribution in [0.5, 0.6) is 0 Å². The normalized spacial score (nSPS) is 17.8. The fourth-order valence-electron chi connectivity index (χ4n) is 2.94. The van der Waals surface area contributed by atoms with Gasteiger partial charge in [0.05, 0.1) is 12.2 Å². The second kappa shape index (κ2) is 7.97. The van der Waals surface area contributed by atoms with E-state index < -0.39 is 5.97 Å². The van der Waals surface area contributed by atoms with E-state index in [0.717, 1.165) is 19.6 Å². The highest BCUT2D eigenvalue weighted by molar-refractivity contribution is 5.88. The van der Waals surface area contributed by atoms with Gasteiger partial charge in [-0.15, -0.1) is 0 Å². The van der Waals surface area contributed by atoms with Gasteiger partial charge in [0.1, 0.15) is 24.5 Å². The molecule has 1 fully saturated rings. The number of hydrogen-bond acceptors (Lipinski definition) is 5. The molecule has 1 aliphatic heterocycles. The molecule has 2 aromatic rings. The van der Waals surface area contributed by atoms with Gasteiger partial charge in [-0.25, -0.2) is 4.79 Å². The Morgan fingerprint density at radius 3 is 2.92 bits per heavy atom. The molecule has 0 aliphatic carbocycles. The van der Waals surface area contributed by atoms with Gasteiger partial charge in [-0.3, -0.25) is 4.90 Å². The zero-order chi connectivity index (χ0) is 17.6. The molecule has 1 atom stereocenters. The van der Waals surface area contributed by atoms with Crippen molar-refractivity contribution in [3.63, 3.8) is 0 Å². The predicted octanol–water partition coefficient (Wildman–Crippen LogP) is 1.95. The van der Waals surface area contributed by atoms with Crippen LogP contribution in [0, 0.1) is 11.3 Å². The van der Waals surface area contributed by atoms with Crippen molar-refractivity contribution in [2.45, 2.75) is 12.6 Å². The summed E-state index contributed by atoms with van der Waals surface area (Å²) >= 11 is 0. The van der Waals surface area contributed by atoms with Crippen LogP contribution in [0.25, 0.3) is 0 Å². The van der Waals surface area contributed by atoms with Gasteiger partial charge in [-0.1, -0.05) is 30.3 Å². The van der Waals surface area contributed by atoms with Gasteiger partial charge in [0, 0.05) is 32.9 Å². The van der Waals surface area contributed by atoms with Crippen LogP contribution in [0.1, 0.15) is 21.6 Å². The SMILES string of the molecule is Cn1cc(C#N)cc1C(=O)OC[C@@H]1CN(Cc2ccccc2)CCO1. The maximum Gasteiger partial charge on any atom is 0.355 e. The molecule has 130 valence electrons. The van der Waals surface area contributed by atoms with Crippen LogP contribution in [0.15, 0.2) is 42.6 Å². The van der Waals surface area contributed by atoms with E-state index in [0.29, 0.717) is 17.9 Å². The number of nitrogens with zero attached hydrogens (tertiary/aromatic N) is 3. The highest BCUT2D eigenvalue weighted by Gasteiger charge is 2.23. The van der Waals surface area contributed by atoms with E-state index >= 15 is 0 Å². The number of rotatable bonds is 5. The first kappa shape index (κ1) is 17.2. The van der Waals surface area contributed by atoms with E-state index in [1.807, 2.05) is 24.3 Å². The van der Waals surface area contributed by atoms with Gasteiger partial charge >= 0.3 is 5.97 Å². The molecule has 1 saturated heterocycles. The Bertz CT molecular complexity index is 764. The summed E-state index contributed by atoms with van der Waals surface area (Å²) in [5.41, 5.74) is 2.07. The Balaban J connectivity index is 1.51. The number of esters is 1. The molecule has 0 unspecified atom stereocenters. The molecule has 1 aliphatic rings. The molecule has 25 heavy (non-hydrogen) atoms. The van der Waals surface area contributed by atoms with Gasteiger partial charge in [0.25, 0.3) is 0 Å². The molecule has 0 spiro atoms. The van der Waals surface area contributed by atoms with Crippen LogP contribution in [-0.2, 0) is 23.1 Å². The maximum atomic E-state index is 12.2. The lowest BCUT2D eigenvalue weighted by molar-refractivity contribution is -0.0614. The fraction of sp³-hybridized carbons (Fsp3) is 0.368. The first-order valence-electron chi connectivity index (χ1n) is 8.27. The van der Waals surface area contributed by atoms with Crippen molar-refractivity contribution in [2.75, 3.05) is 26.3 Å². The Kier molecular flexibility index (Phi) is 5.49. The summed E-state index contributed by atoms with van der Waals surface area (Å²) < 4.78 is 12.7. The van der Waals surface area contributed by atoms with Crippen molar-refractivity contribution in [3.05, 3.63) is 59.4 Å². The highest BCUT2D eigenvalue weighted by atomic mass is 16.6. The van der Waals surface area contributed by atoms with Crippen molar-refractivity contribution in [1.82, 2.24) is 9.47 Å². The highest BCUT2D eigenvalue weighted by Crippen LogP contribution is 2.12. The van der Waals surface area contributed by atoms with E-state index in [1.165, 1.54) is 11.6 Å². The van der Waals surface area contributed by atoms with Crippen molar-refractivity contribution >= 4 is 5.97 Å². The van der Waals surface area contributed by atoms with Gasteiger partial charge < -0.3 is 14.0 Å². The molecule has 3 rings (SSSR count). The summed E-state index contributed by atoms with van der Waals surface area (Å²) in [6.45, 7) is 3.27. The largest absolute Gasteiger partial charge is 0.458 e. The first-order chi connectivity index (χ1) is 12.2. The van der Waals surface area contributed by atoms with Crippen molar-refractivity contribution in [1.29, 1.82) is 5.26 Å². The molecule has 0 N–H and O–H groups in total. The second-order valence-electron chi connectivity index (χ2n) is 6.15. The predicted molar refractivity (Wildman–Crippen MR) is 91.9 cm³/mol. The third kappa shape index (κ3) is 4.47. The molecule has 6 heteroatoms. The summed E-state index contributed by atoms with van der Waals surface area (Å²) in [5, 5.41) is 8.90. The first-order valence-corrected chi connectivity index (χ1v) is 8.27. The van der Waals surface area contributed by atoms with Crippen LogP contribution in [0.2, 0.25) is 0 Å². The summed E-state index contributed by atoms with van der Waals surface area (Å²) in [4.78, 5) is 14.5. The lowest BCUT2D eigenvalue weighted by atomic mass is 10.2. The number of carbonyl (C=O) groups excluding carboxylic acids is 1. The molecule has 0 radical (unpaired) electrons. The van der Waals surface area contributed by atoms with Crippen LogP contribution >= 0.6 is 0 Å². The average molecular weight is 339 g/mol. The van der Waals surface area contributed by atoms with Crippen LogP contribution in [0.4, 0.5) is 0 Å². The van der Waals surface area contributed by atoms with E-state index in [1.54, 1.807) is 17.8 Å².